The molecule has 9 heavy (non-hydrogen) atoms. The van der Waals surface area contributed by atoms with E-state index >= 15 is 0 Å². The number of aliphatic carboxylic acids is 1. The predicted molar refractivity (Wildman–Crippen MR) is 39.3 cm³/mol. The van der Waals surface area contributed by atoms with Gasteiger partial charge >= 0.3 is 5.97 Å². The number of aliphatic imine (C=N–C) groups is 1. The van der Waals surface area contributed by atoms with Gasteiger partial charge in [-0.3, -0.25) is 9.79 Å². The summed E-state index contributed by atoms with van der Waals surface area (Å²) in [4.78, 5) is 13.3. The zero-order valence-corrected chi connectivity index (χ0v) is 6.37. The largest absolute Gasteiger partial charge is 0.480 e. The summed E-state index contributed by atoms with van der Waals surface area (Å²) in [5.41, 5.74) is 0. The van der Waals surface area contributed by atoms with E-state index < -0.39 is 5.97 Å². The summed E-state index contributed by atoms with van der Waals surface area (Å²) in [6.07, 6.45) is 1.73. The Labute approximate surface area is 62.1 Å². The number of halogens is 1. The van der Waals surface area contributed by atoms with Crippen LogP contribution in [0.3, 0.4) is 0 Å². The molecule has 3 nitrogen and oxygen atoms in total. The van der Waals surface area contributed by atoms with Crippen molar-refractivity contribution >= 4 is 33.8 Å². The van der Waals surface area contributed by atoms with Crippen LogP contribution in [0.5, 0.6) is 0 Å². The maximum absolute atomic E-state index is 9.84. The Morgan fingerprint density at radius 3 is 2.78 bits per heavy atom. The molecule has 0 heterocycles. The molecule has 0 atom stereocenters. The molecule has 0 saturated carbocycles. The third-order valence-electron chi connectivity index (χ3n) is 0.507. The monoisotopic (exact) mass is 167 g/mol. The van der Waals surface area contributed by atoms with Crippen molar-refractivity contribution in [3.63, 3.8) is 0 Å². The van der Waals surface area contributed by atoms with Gasteiger partial charge in [-0.25, -0.2) is 0 Å². The quantitative estimate of drug-likeness (QED) is 0.494. The van der Waals surface area contributed by atoms with Crippen LogP contribution in [0, 0.1) is 0 Å². The van der Waals surface area contributed by atoms with Crippen molar-refractivity contribution < 1.29 is 9.90 Å². The van der Waals surface area contributed by atoms with Gasteiger partial charge in [0.25, 0.3) is 0 Å². The SMILES string of the molecule is CSC(Cl)=NCC(=O)O. The van der Waals surface area contributed by atoms with E-state index in [1.165, 1.54) is 11.8 Å². The molecule has 0 amide bonds. The van der Waals surface area contributed by atoms with Crippen LogP contribution in [0.15, 0.2) is 4.99 Å². The molecule has 5 heteroatoms. The van der Waals surface area contributed by atoms with E-state index in [9.17, 15) is 4.79 Å². The minimum atomic E-state index is -0.970. The molecule has 0 radical (unpaired) electrons. The van der Waals surface area contributed by atoms with Gasteiger partial charge in [0.2, 0.25) is 0 Å². The van der Waals surface area contributed by atoms with Gasteiger partial charge in [-0.2, -0.15) is 0 Å². The fraction of sp³-hybridized carbons (Fsp3) is 0.500. The molecule has 0 bridgehead atoms. The topological polar surface area (TPSA) is 49.7 Å². The normalized spacial score (nSPS) is 11.6. The Bertz CT molecular complexity index is 137. The molecule has 0 aromatic heterocycles. The van der Waals surface area contributed by atoms with Crippen LogP contribution in [-0.2, 0) is 4.79 Å². The second kappa shape index (κ2) is 4.64. The second-order valence-corrected chi connectivity index (χ2v) is 2.54. The minimum Gasteiger partial charge on any atom is -0.480 e. The van der Waals surface area contributed by atoms with Crippen LogP contribution >= 0.6 is 23.4 Å². The third kappa shape index (κ3) is 5.65. The fourth-order valence-corrected chi connectivity index (χ4v) is 0.448. The zero-order chi connectivity index (χ0) is 7.28. The minimum absolute atomic E-state index is 0.250. The number of carbonyl (C=O) groups is 1. The summed E-state index contributed by atoms with van der Waals surface area (Å²) in [5, 5.41) is 8.08. The van der Waals surface area contributed by atoms with Gasteiger partial charge in [0.15, 0.2) is 4.50 Å². The van der Waals surface area contributed by atoms with Gasteiger partial charge < -0.3 is 5.11 Å². The number of thioether (sulfide) groups is 1. The van der Waals surface area contributed by atoms with E-state index in [0.717, 1.165) is 0 Å². The van der Waals surface area contributed by atoms with Crippen LogP contribution in [0.25, 0.3) is 0 Å². The molecular formula is C4H6ClNO2S. The maximum Gasteiger partial charge on any atom is 0.325 e. The summed E-state index contributed by atoms with van der Waals surface area (Å²) >= 11 is 6.58. The van der Waals surface area contributed by atoms with Gasteiger partial charge in [0, 0.05) is 0 Å². The van der Waals surface area contributed by atoms with Crippen molar-refractivity contribution in [2.75, 3.05) is 12.8 Å². The standard InChI is InChI=1S/C4H6ClNO2S/c1-9-4(5)6-2-3(7)8/h2H2,1H3,(H,7,8). The van der Waals surface area contributed by atoms with E-state index in [1.807, 2.05) is 0 Å². The third-order valence-corrected chi connectivity index (χ3v) is 1.56. The summed E-state index contributed by atoms with van der Waals surface area (Å²) < 4.78 is 0.275. The Morgan fingerprint density at radius 1 is 1.89 bits per heavy atom. The summed E-state index contributed by atoms with van der Waals surface area (Å²) in [6, 6.07) is 0. The molecule has 0 aliphatic carbocycles. The number of hydrogen-bond acceptors (Lipinski definition) is 3. The molecule has 0 aliphatic heterocycles. The summed E-state index contributed by atoms with van der Waals surface area (Å²) in [5.74, 6) is -0.970. The highest BCUT2D eigenvalue weighted by Gasteiger charge is 1.93. The molecule has 0 unspecified atom stereocenters. The van der Waals surface area contributed by atoms with Crippen LogP contribution in [0.2, 0.25) is 0 Å². The number of carboxylic acids is 1. The lowest BCUT2D eigenvalue weighted by Crippen LogP contribution is -1.99. The smallest absolute Gasteiger partial charge is 0.325 e. The van der Waals surface area contributed by atoms with Crippen LogP contribution in [0.4, 0.5) is 0 Å². The first-order chi connectivity index (χ1) is 4.16. The first-order valence-electron chi connectivity index (χ1n) is 2.12. The molecule has 0 rings (SSSR count). The van der Waals surface area contributed by atoms with Crippen molar-refractivity contribution in [3.8, 4) is 0 Å². The van der Waals surface area contributed by atoms with Crippen molar-refractivity contribution in [3.05, 3.63) is 0 Å². The lowest BCUT2D eigenvalue weighted by molar-refractivity contribution is -0.135. The van der Waals surface area contributed by atoms with E-state index in [4.69, 9.17) is 16.7 Å². The number of carboxylic acid groups (broad SMARTS) is 1. The number of rotatable bonds is 2. The first-order valence-corrected chi connectivity index (χ1v) is 3.73. The summed E-state index contributed by atoms with van der Waals surface area (Å²) in [7, 11) is 0. The lowest BCUT2D eigenvalue weighted by Gasteiger charge is -1.87. The van der Waals surface area contributed by atoms with Gasteiger partial charge in [-0.15, -0.1) is 0 Å². The molecule has 52 valence electrons. The van der Waals surface area contributed by atoms with Crippen LogP contribution < -0.4 is 0 Å². The first kappa shape index (κ1) is 8.78. The number of hydrogen-bond donors (Lipinski definition) is 1. The lowest BCUT2D eigenvalue weighted by atomic mass is 10.7. The molecule has 0 saturated heterocycles. The van der Waals surface area contributed by atoms with Crippen LogP contribution in [-0.4, -0.2) is 28.4 Å². The molecule has 0 aromatic carbocycles. The average molecular weight is 168 g/mol. The van der Waals surface area contributed by atoms with Crippen molar-refractivity contribution in [1.82, 2.24) is 0 Å². The maximum atomic E-state index is 9.84. The fourth-order valence-electron chi connectivity index (χ4n) is 0.194. The van der Waals surface area contributed by atoms with Gasteiger partial charge in [0.05, 0.1) is 0 Å². The van der Waals surface area contributed by atoms with Gasteiger partial charge in [-0.1, -0.05) is 23.4 Å². The van der Waals surface area contributed by atoms with Crippen LogP contribution in [0.1, 0.15) is 0 Å². The van der Waals surface area contributed by atoms with Crippen molar-refractivity contribution in [1.29, 1.82) is 0 Å². The van der Waals surface area contributed by atoms with E-state index in [-0.39, 0.29) is 11.0 Å². The van der Waals surface area contributed by atoms with E-state index in [1.54, 1.807) is 6.26 Å². The van der Waals surface area contributed by atoms with Gasteiger partial charge in [-0.05, 0) is 6.26 Å². The zero-order valence-electron chi connectivity index (χ0n) is 4.80. The summed E-state index contributed by atoms with van der Waals surface area (Å²) in [6.45, 7) is -0.250. The Balaban J connectivity index is 3.56. The molecule has 0 fully saturated rings. The molecule has 0 aromatic rings. The second-order valence-electron chi connectivity index (χ2n) is 1.17. The molecular weight excluding hydrogens is 162 g/mol. The van der Waals surface area contributed by atoms with Crippen molar-refractivity contribution in [2.24, 2.45) is 4.99 Å². The molecule has 1 N–H and O–H groups in total. The van der Waals surface area contributed by atoms with Gasteiger partial charge in [0.1, 0.15) is 6.54 Å². The Kier molecular flexibility index (Phi) is 4.53. The average Bonchev–Trinajstić information content (AvgIpc) is 1.83. The van der Waals surface area contributed by atoms with E-state index in [2.05, 4.69) is 4.99 Å². The molecule has 0 spiro atoms. The number of nitrogens with zero attached hydrogens (tertiary/aromatic N) is 1. The highest BCUT2D eigenvalue weighted by molar-refractivity contribution is 8.16. The van der Waals surface area contributed by atoms with E-state index in [0.29, 0.717) is 0 Å². The Morgan fingerprint density at radius 2 is 2.44 bits per heavy atom. The highest BCUT2D eigenvalue weighted by Crippen LogP contribution is 2.01. The highest BCUT2D eigenvalue weighted by atomic mass is 35.5. The Hall–Kier alpha value is -0.220. The molecule has 0 aliphatic rings. The predicted octanol–water partition coefficient (Wildman–Crippen LogP) is 1.03. The van der Waals surface area contributed by atoms with Crippen molar-refractivity contribution in [2.45, 2.75) is 0 Å².